The van der Waals surface area contributed by atoms with E-state index in [0.717, 1.165) is 59.0 Å². The SMILES string of the molecule is C=C/C=C(\C=C/C)c1nc(-c2ccc3c4c(c5c(c3c2)C=CCC5)CCC=C4)nc(-c2ccc3c4c2c2ccccc2c2cccc(c24)n3-c2ccccc2)n1.CC.CC. The molecule has 11 rings (SSSR count). The summed E-state index contributed by atoms with van der Waals surface area (Å²) in [4.78, 5) is 15.9. The summed E-state index contributed by atoms with van der Waals surface area (Å²) in [6.45, 7) is 14.1. The summed E-state index contributed by atoms with van der Waals surface area (Å²) in [5.41, 5.74) is 12.0. The number of aromatic nitrogens is 4. The minimum Gasteiger partial charge on any atom is -0.309 e. The first-order valence-corrected chi connectivity index (χ1v) is 21.6. The maximum absolute atomic E-state index is 5.40. The summed E-state index contributed by atoms with van der Waals surface area (Å²) in [5, 5.41) is 9.80. The molecule has 0 radical (unpaired) electrons. The second kappa shape index (κ2) is 16.4. The van der Waals surface area contributed by atoms with E-state index in [2.05, 4.69) is 139 Å². The molecule has 4 nitrogen and oxygen atoms in total. The topological polar surface area (TPSA) is 43.6 Å². The molecule has 2 aliphatic rings. The minimum atomic E-state index is 0.613. The van der Waals surface area contributed by atoms with Crippen LogP contribution in [0.3, 0.4) is 0 Å². The summed E-state index contributed by atoms with van der Waals surface area (Å²) < 4.78 is 2.40. The van der Waals surface area contributed by atoms with Crippen LogP contribution in [0.2, 0.25) is 0 Å². The van der Waals surface area contributed by atoms with Crippen molar-refractivity contribution in [1.82, 2.24) is 19.5 Å². The molecule has 0 saturated heterocycles. The van der Waals surface area contributed by atoms with Crippen molar-refractivity contribution in [2.45, 2.75) is 60.3 Å². The van der Waals surface area contributed by atoms with Gasteiger partial charge in [0.15, 0.2) is 17.5 Å². The third-order valence-electron chi connectivity index (χ3n) is 11.8. The van der Waals surface area contributed by atoms with Crippen molar-refractivity contribution in [1.29, 1.82) is 0 Å². The Morgan fingerprint density at radius 2 is 1.25 bits per heavy atom. The number of hydrogen-bond acceptors (Lipinski definition) is 3. The standard InChI is InChI=1S/C52H38N4.2C2H6/c1-3-15-32(16-4-2)50-53-51(33-27-28-40-37-21-9-8-19-35(37)36-20-10-11-22-38(36)44(40)31-33)55-52(54-50)43-29-30-46-49-47(43)41-24-13-12-23-39(41)42-25-14-26-45(48(42)49)56(46)34-17-6-5-7-18-34;2*1-2/h3-7,9,11-18,21-31H,1,8,10,19-20H2,2H3;2*1-2H3/b16-4-,32-15+;;. The highest BCUT2D eigenvalue weighted by atomic mass is 15.0. The van der Waals surface area contributed by atoms with Crippen LogP contribution >= 0.6 is 0 Å². The van der Waals surface area contributed by atoms with Crippen molar-refractivity contribution >= 4 is 71.8 Å². The van der Waals surface area contributed by atoms with Crippen molar-refractivity contribution in [2.24, 2.45) is 0 Å². The molecule has 2 aromatic heterocycles. The first-order chi connectivity index (χ1) is 29.7. The fourth-order valence-corrected chi connectivity index (χ4v) is 9.50. The molecule has 0 spiro atoms. The average Bonchev–Trinajstić information content (AvgIpc) is 3.67. The Hall–Kier alpha value is -6.91. The predicted molar refractivity (Wildman–Crippen MR) is 259 cm³/mol. The van der Waals surface area contributed by atoms with Gasteiger partial charge in [0.1, 0.15) is 0 Å². The Balaban J connectivity index is 0.00000112. The van der Waals surface area contributed by atoms with E-state index in [1.807, 2.05) is 52.8 Å². The van der Waals surface area contributed by atoms with Gasteiger partial charge < -0.3 is 4.57 Å². The van der Waals surface area contributed by atoms with Crippen LogP contribution in [0.25, 0.3) is 100 Å². The summed E-state index contributed by atoms with van der Waals surface area (Å²) >= 11 is 0. The Morgan fingerprint density at radius 3 is 1.98 bits per heavy atom. The quantitative estimate of drug-likeness (QED) is 0.125. The molecule has 0 N–H and O–H groups in total. The molecular formula is C56H50N4. The van der Waals surface area contributed by atoms with Gasteiger partial charge in [0, 0.05) is 38.5 Å². The molecule has 0 aliphatic heterocycles. The zero-order chi connectivity index (χ0) is 41.3. The molecule has 7 aromatic carbocycles. The number of para-hydroxylation sites is 1. The fourth-order valence-electron chi connectivity index (χ4n) is 9.50. The van der Waals surface area contributed by atoms with E-state index in [-0.39, 0.29) is 0 Å². The molecule has 2 heterocycles. The van der Waals surface area contributed by atoms with Gasteiger partial charge in [-0.15, -0.1) is 0 Å². The van der Waals surface area contributed by atoms with Crippen LogP contribution in [-0.4, -0.2) is 19.5 Å². The van der Waals surface area contributed by atoms with Gasteiger partial charge in [-0.2, -0.15) is 0 Å². The normalized spacial score (nSPS) is 13.4. The van der Waals surface area contributed by atoms with Gasteiger partial charge in [-0.05, 0) is 118 Å². The fraction of sp³-hybridized carbons (Fsp3) is 0.161. The van der Waals surface area contributed by atoms with Crippen LogP contribution in [0.4, 0.5) is 0 Å². The first kappa shape index (κ1) is 38.6. The molecule has 294 valence electrons. The second-order valence-electron chi connectivity index (χ2n) is 14.9. The highest BCUT2D eigenvalue weighted by Gasteiger charge is 2.25. The number of hydrogen-bond donors (Lipinski definition) is 0. The number of fused-ring (bicyclic) bond motifs is 9. The van der Waals surface area contributed by atoms with Crippen molar-refractivity contribution in [3.63, 3.8) is 0 Å². The van der Waals surface area contributed by atoms with E-state index >= 15 is 0 Å². The van der Waals surface area contributed by atoms with Gasteiger partial charge >= 0.3 is 0 Å². The molecule has 0 amide bonds. The van der Waals surface area contributed by atoms with E-state index < -0.39 is 0 Å². The first-order valence-electron chi connectivity index (χ1n) is 21.6. The molecule has 0 unspecified atom stereocenters. The lowest BCUT2D eigenvalue weighted by atomic mass is 9.81. The van der Waals surface area contributed by atoms with Crippen LogP contribution in [0.1, 0.15) is 75.5 Å². The maximum atomic E-state index is 5.40. The lowest BCUT2D eigenvalue weighted by Crippen LogP contribution is -2.07. The monoisotopic (exact) mass is 778 g/mol. The Kier molecular flexibility index (Phi) is 10.5. The minimum absolute atomic E-state index is 0.613. The van der Waals surface area contributed by atoms with Crippen molar-refractivity contribution in [2.75, 3.05) is 0 Å². The smallest absolute Gasteiger partial charge is 0.164 e. The van der Waals surface area contributed by atoms with Gasteiger partial charge in [-0.25, -0.2) is 15.0 Å². The summed E-state index contributed by atoms with van der Waals surface area (Å²) in [5.74, 6) is 1.91. The Labute approximate surface area is 353 Å². The number of rotatable bonds is 6. The molecule has 0 saturated carbocycles. The maximum Gasteiger partial charge on any atom is 0.164 e. The van der Waals surface area contributed by atoms with Crippen LogP contribution in [-0.2, 0) is 12.8 Å². The highest BCUT2D eigenvalue weighted by molar-refractivity contribution is 6.36. The molecule has 0 bridgehead atoms. The van der Waals surface area contributed by atoms with Crippen LogP contribution in [0, 0.1) is 0 Å². The Morgan fingerprint density at radius 1 is 0.600 bits per heavy atom. The second-order valence-corrected chi connectivity index (χ2v) is 14.9. The highest BCUT2D eigenvalue weighted by Crippen LogP contribution is 2.47. The summed E-state index contributed by atoms with van der Waals surface area (Å²) in [6.07, 6.45) is 21.5. The van der Waals surface area contributed by atoms with Gasteiger partial charge in [0.25, 0.3) is 0 Å². The molecule has 60 heavy (non-hydrogen) atoms. The number of benzene rings is 7. The zero-order valence-corrected chi connectivity index (χ0v) is 35.3. The zero-order valence-electron chi connectivity index (χ0n) is 35.3. The molecule has 4 heteroatoms. The Bertz CT molecular complexity index is 3210. The van der Waals surface area contributed by atoms with Gasteiger partial charge in [0.2, 0.25) is 0 Å². The molecule has 2 aliphatic carbocycles. The molecule has 9 aromatic rings. The van der Waals surface area contributed by atoms with E-state index in [1.54, 1.807) is 6.08 Å². The predicted octanol–water partition coefficient (Wildman–Crippen LogP) is 15.3. The third-order valence-corrected chi connectivity index (χ3v) is 11.8. The summed E-state index contributed by atoms with van der Waals surface area (Å²) in [7, 11) is 0. The van der Waals surface area contributed by atoms with Gasteiger partial charge in [-0.3, -0.25) is 0 Å². The van der Waals surface area contributed by atoms with Crippen molar-refractivity contribution in [3.8, 4) is 28.5 Å². The van der Waals surface area contributed by atoms with E-state index in [4.69, 9.17) is 15.0 Å². The van der Waals surface area contributed by atoms with E-state index in [1.165, 1.54) is 65.5 Å². The van der Waals surface area contributed by atoms with Gasteiger partial charge in [0.05, 0.1) is 11.0 Å². The number of allylic oxidation sites excluding steroid dienone is 7. The summed E-state index contributed by atoms with van der Waals surface area (Å²) in [6, 6.07) is 37.4. The van der Waals surface area contributed by atoms with Gasteiger partial charge in [-0.1, -0.05) is 150 Å². The average molecular weight is 779 g/mol. The van der Waals surface area contributed by atoms with E-state index in [0.29, 0.717) is 17.5 Å². The largest absolute Gasteiger partial charge is 0.309 e. The van der Waals surface area contributed by atoms with Crippen LogP contribution < -0.4 is 0 Å². The lowest BCUT2D eigenvalue weighted by molar-refractivity contribution is 0.911. The van der Waals surface area contributed by atoms with Crippen molar-refractivity contribution in [3.05, 3.63) is 174 Å². The van der Waals surface area contributed by atoms with Crippen LogP contribution in [0.5, 0.6) is 0 Å². The molecule has 0 atom stereocenters. The van der Waals surface area contributed by atoms with Crippen LogP contribution in [0.15, 0.2) is 146 Å². The third kappa shape index (κ3) is 6.17. The van der Waals surface area contributed by atoms with Crippen molar-refractivity contribution < 1.29 is 0 Å². The van der Waals surface area contributed by atoms with E-state index in [9.17, 15) is 0 Å². The number of nitrogens with zero attached hydrogens (tertiary/aromatic N) is 4. The molecule has 0 fully saturated rings. The lowest BCUT2D eigenvalue weighted by Gasteiger charge is -2.24. The molecular weight excluding hydrogens is 729 g/mol.